The Kier molecular flexibility index (Phi) is 5.25. The first kappa shape index (κ1) is 19.8. The van der Waals surface area contributed by atoms with Gasteiger partial charge in [0.05, 0.1) is 23.6 Å². The number of hydrogen-bond donors (Lipinski definition) is 1. The lowest BCUT2D eigenvalue weighted by Gasteiger charge is -2.16. The van der Waals surface area contributed by atoms with Crippen LogP contribution in [0, 0.1) is 0 Å². The average Bonchev–Trinajstić information content (AvgIpc) is 3.27. The van der Waals surface area contributed by atoms with Crippen molar-refractivity contribution in [2.45, 2.75) is 36.4 Å². The number of para-hydroxylation sites is 1. The number of phenols is 1. The van der Waals surface area contributed by atoms with Gasteiger partial charge in [-0.2, -0.15) is 0 Å². The molecule has 1 atom stereocenters. The standard InChI is InChI=1S/C23H20N2O5S/c26-15-7-8-17-14(10-21(27)30-20(17)11-15)13-31-23-24-19-6-2-1-5-18(19)22(28)25(23)12-16-4-3-9-29-16/h1-2,5-8,10-11,16,26H,3-4,9,12-13H2. The van der Waals surface area contributed by atoms with Crippen LogP contribution < -0.4 is 11.2 Å². The van der Waals surface area contributed by atoms with Crippen LogP contribution in [0.3, 0.4) is 0 Å². The van der Waals surface area contributed by atoms with Gasteiger partial charge < -0.3 is 14.3 Å². The first-order valence-corrected chi connectivity index (χ1v) is 11.1. The van der Waals surface area contributed by atoms with Crippen LogP contribution in [-0.2, 0) is 17.0 Å². The molecule has 2 aromatic carbocycles. The number of hydrogen-bond acceptors (Lipinski definition) is 7. The number of ether oxygens (including phenoxy) is 1. The Bertz CT molecular complexity index is 1390. The van der Waals surface area contributed by atoms with Crippen molar-refractivity contribution >= 4 is 33.6 Å². The molecule has 1 aliphatic heterocycles. The molecule has 158 valence electrons. The van der Waals surface area contributed by atoms with Gasteiger partial charge in [-0.15, -0.1) is 0 Å². The van der Waals surface area contributed by atoms with E-state index in [2.05, 4.69) is 0 Å². The molecule has 0 bridgehead atoms. The summed E-state index contributed by atoms with van der Waals surface area (Å²) in [5.41, 5.74) is 1.14. The van der Waals surface area contributed by atoms with Crippen molar-refractivity contribution in [1.82, 2.24) is 9.55 Å². The molecular weight excluding hydrogens is 416 g/mol. The van der Waals surface area contributed by atoms with E-state index >= 15 is 0 Å². The Morgan fingerprint density at radius 2 is 2.00 bits per heavy atom. The van der Waals surface area contributed by atoms with E-state index in [1.165, 1.54) is 23.9 Å². The number of fused-ring (bicyclic) bond motifs is 2. The fraction of sp³-hybridized carbons (Fsp3) is 0.261. The highest BCUT2D eigenvalue weighted by Gasteiger charge is 2.20. The number of aromatic nitrogens is 2. The summed E-state index contributed by atoms with van der Waals surface area (Å²) in [6.45, 7) is 1.16. The summed E-state index contributed by atoms with van der Waals surface area (Å²) in [4.78, 5) is 30.0. The van der Waals surface area contributed by atoms with Crippen molar-refractivity contribution in [3.63, 3.8) is 0 Å². The maximum atomic E-state index is 13.2. The number of rotatable bonds is 5. The van der Waals surface area contributed by atoms with Gasteiger partial charge in [0, 0.05) is 29.9 Å². The number of aromatic hydroxyl groups is 1. The van der Waals surface area contributed by atoms with Crippen LogP contribution in [0.1, 0.15) is 18.4 Å². The molecule has 1 unspecified atom stereocenters. The molecule has 0 aliphatic carbocycles. The lowest BCUT2D eigenvalue weighted by Crippen LogP contribution is -2.28. The van der Waals surface area contributed by atoms with Crippen LogP contribution in [0.15, 0.2) is 67.7 Å². The fourth-order valence-corrected chi connectivity index (χ4v) is 4.89. The van der Waals surface area contributed by atoms with E-state index in [-0.39, 0.29) is 17.4 Å². The van der Waals surface area contributed by atoms with Gasteiger partial charge >= 0.3 is 5.63 Å². The Morgan fingerprint density at radius 3 is 2.84 bits per heavy atom. The molecule has 1 fully saturated rings. The zero-order chi connectivity index (χ0) is 21.4. The first-order valence-electron chi connectivity index (χ1n) is 10.1. The number of thioether (sulfide) groups is 1. The van der Waals surface area contributed by atoms with Crippen molar-refractivity contribution in [2.24, 2.45) is 0 Å². The van der Waals surface area contributed by atoms with Crippen molar-refractivity contribution in [2.75, 3.05) is 6.61 Å². The van der Waals surface area contributed by atoms with Gasteiger partial charge in [0.2, 0.25) is 0 Å². The Hall–Kier alpha value is -3.10. The summed E-state index contributed by atoms with van der Waals surface area (Å²) in [7, 11) is 0. The fourth-order valence-electron chi connectivity index (χ4n) is 3.89. The van der Waals surface area contributed by atoms with Crippen LogP contribution in [0.5, 0.6) is 5.75 Å². The van der Waals surface area contributed by atoms with Crippen molar-refractivity contribution in [3.05, 3.63) is 74.9 Å². The summed E-state index contributed by atoms with van der Waals surface area (Å²) >= 11 is 1.39. The maximum Gasteiger partial charge on any atom is 0.336 e. The van der Waals surface area contributed by atoms with E-state index in [0.717, 1.165) is 23.8 Å². The molecule has 0 saturated carbocycles. The molecule has 4 aromatic rings. The zero-order valence-corrected chi connectivity index (χ0v) is 17.4. The SMILES string of the molecule is O=c1cc(CSc2nc3ccccc3c(=O)n2CC2CCCO2)c2ccc(O)cc2o1. The van der Waals surface area contributed by atoms with E-state index in [1.54, 1.807) is 22.8 Å². The maximum absolute atomic E-state index is 13.2. The highest BCUT2D eigenvalue weighted by Crippen LogP contribution is 2.28. The van der Waals surface area contributed by atoms with E-state index in [0.29, 0.717) is 40.5 Å². The highest BCUT2D eigenvalue weighted by atomic mass is 32.2. The second-order valence-corrected chi connectivity index (χ2v) is 8.46. The van der Waals surface area contributed by atoms with Crippen LogP contribution >= 0.6 is 11.8 Å². The number of phenolic OH excluding ortho intramolecular Hbond substituents is 1. The third-order valence-corrected chi connectivity index (χ3v) is 6.43. The molecule has 0 amide bonds. The van der Waals surface area contributed by atoms with Gasteiger partial charge in [-0.05, 0) is 42.7 Å². The quantitative estimate of drug-likeness (QED) is 0.290. The minimum Gasteiger partial charge on any atom is -0.508 e. The van der Waals surface area contributed by atoms with Crippen LogP contribution in [0.2, 0.25) is 0 Å². The lowest BCUT2D eigenvalue weighted by atomic mass is 10.1. The van der Waals surface area contributed by atoms with Crippen LogP contribution in [-0.4, -0.2) is 27.4 Å². The minimum atomic E-state index is -0.489. The minimum absolute atomic E-state index is 0.00686. The smallest absolute Gasteiger partial charge is 0.336 e. The Labute approximate surface area is 181 Å². The van der Waals surface area contributed by atoms with Crippen molar-refractivity contribution in [3.8, 4) is 5.75 Å². The topological polar surface area (TPSA) is 94.6 Å². The second-order valence-electron chi connectivity index (χ2n) is 7.52. The van der Waals surface area contributed by atoms with Gasteiger partial charge in [0.25, 0.3) is 5.56 Å². The molecular formula is C23H20N2O5S. The molecule has 2 aromatic heterocycles. The van der Waals surface area contributed by atoms with Gasteiger partial charge in [0.1, 0.15) is 11.3 Å². The average molecular weight is 436 g/mol. The van der Waals surface area contributed by atoms with Crippen molar-refractivity contribution in [1.29, 1.82) is 0 Å². The van der Waals surface area contributed by atoms with E-state index in [1.807, 2.05) is 18.2 Å². The third kappa shape index (κ3) is 3.96. The summed E-state index contributed by atoms with van der Waals surface area (Å²) < 4.78 is 12.6. The normalized spacial score (nSPS) is 16.3. The van der Waals surface area contributed by atoms with Gasteiger partial charge in [-0.1, -0.05) is 23.9 Å². The van der Waals surface area contributed by atoms with Crippen LogP contribution in [0.4, 0.5) is 0 Å². The molecule has 1 saturated heterocycles. The summed E-state index contributed by atoms with van der Waals surface area (Å²) in [6, 6.07) is 13.4. The molecule has 1 N–H and O–H groups in total. The van der Waals surface area contributed by atoms with E-state index < -0.39 is 5.63 Å². The number of benzene rings is 2. The highest BCUT2D eigenvalue weighted by molar-refractivity contribution is 7.98. The Balaban J connectivity index is 1.55. The predicted molar refractivity (Wildman–Crippen MR) is 119 cm³/mol. The summed E-state index contributed by atoms with van der Waals surface area (Å²) in [6.07, 6.45) is 1.89. The largest absolute Gasteiger partial charge is 0.508 e. The molecule has 7 nitrogen and oxygen atoms in total. The predicted octanol–water partition coefficient (Wildman–Crippen LogP) is 3.68. The molecule has 0 radical (unpaired) electrons. The third-order valence-electron chi connectivity index (χ3n) is 5.41. The van der Waals surface area contributed by atoms with Gasteiger partial charge in [0.15, 0.2) is 5.16 Å². The molecule has 8 heteroatoms. The Morgan fingerprint density at radius 1 is 1.13 bits per heavy atom. The van der Waals surface area contributed by atoms with Gasteiger partial charge in [-0.25, -0.2) is 9.78 Å². The molecule has 0 spiro atoms. The summed E-state index contributed by atoms with van der Waals surface area (Å²) in [5, 5.41) is 11.6. The molecule has 3 heterocycles. The van der Waals surface area contributed by atoms with Gasteiger partial charge in [-0.3, -0.25) is 9.36 Å². The monoisotopic (exact) mass is 436 g/mol. The molecule has 31 heavy (non-hydrogen) atoms. The van der Waals surface area contributed by atoms with Crippen LogP contribution in [0.25, 0.3) is 21.9 Å². The second kappa shape index (κ2) is 8.20. The number of nitrogens with zero attached hydrogens (tertiary/aromatic N) is 2. The lowest BCUT2D eigenvalue weighted by molar-refractivity contribution is 0.0937. The summed E-state index contributed by atoms with van der Waals surface area (Å²) in [5.74, 6) is 0.449. The first-order chi connectivity index (χ1) is 15.1. The van der Waals surface area contributed by atoms with E-state index in [4.69, 9.17) is 14.1 Å². The van der Waals surface area contributed by atoms with Crippen molar-refractivity contribution < 1.29 is 14.3 Å². The molecule has 1 aliphatic rings. The molecule has 5 rings (SSSR count). The zero-order valence-electron chi connectivity index (χ0n) is 16.6. The van der Waals surface area contributed by atoms with E-state index in [9.17, 15) is 14.7 Å².